The minimum absolute atomic E-state index is 0.102. The van der Waals surface area contributed by atoms with E-state index in [1.165, 1.54) is 6.07 Å². The zero-order chi connectivity index (χ0) is 19.9. The molecule has 2 aliphatic rings. The number of rotatable bonds is 4. The molecule has 1 unspecified atom stereocenters. The van der Waals surface area contributed by atoms with Crippen molar-refractivity contribution < 1.29 is 23.2 Å². The van der Waals surface area contributed by atoms with E-state index < -0.39 is 0 Å². The van der Waals surface area contributed by atoms with Crippen molar-refractivity contribution >= 4 is 12.6 Å². The third kappa shape index (κ3) is 3.63. The van der Waals surface area contributed by atoms with Gasteiger partial charge in [0, 0.05) is 0 Å². The predicted octanol–water partition coefficient (Wildman–Crippen LogP) is 3.90. The first kappa shape index (κ1) is 19.3. The van der Waals surface area contributed by atoms with E-state index in [2.05, 4.69) is 33.8 Å². The number of aryl methyl sites for hydroxylation is 1. The maximum absolute atomic E-state index is 13.7. The fourth-order valence-electron chi connectivity index (χ4n) is 3.45. The van der Waals surface area contributed by atoms with Crippen molar-refractivity contribution in [3.63, 3.8) is 0 Å². The van der Waals surface area contributed by atoms with Crippen LogP contribution in [0.2, 0.25) is 0 Å². The van der Waals surface area contributed by atoms with E-state index >= 15 is 0 Å². The molecule has 1 saturated heterocycles. The highest BCUT2D eigenvalue weighted by Crippen LogP contribution is 2.37. The lowest BCUT2D eigenvalue weighted by Gasteiger charge is -2.32. The highest BCUT2D eigenvalue weighted by molar-refractivity contribution is 6.62. The molecule has 2 aromatic carbocycles. The number of halogens is 1. The number of hydrogen-bond donors (Lipinski definition) is 0. The van der Waals surface area contributed by atoms with Crippen LogP contribution in [0.1, 0.15) is 39.7 Å². The maximum Gasteiger partial charge on any atom is 0.494 e. The van der Waals surface area contributed by atoms with Gasteiger partial charge in [-0.3, -0.25) is 0 Å². The highest BCUT2D eigenvalue weighted by Gasteiger charge is 2.51. The summed E-state index contributed by atoms with van der Waals surface area (Å²) in [6.45, 7) is 8.52. The van der Waals surface area contributed by atoms with Crippen molar-refractivity contribution in [1.29, 1.82) is 0 Å². The van der Waals surface area contributed by atoms with Crippen molar-refractivity contribution in [3.05, 3.63) is 53.8 Å². The summed E-state index contributed by atoms with van der Waals surface area (Å²) in [6, 6.07) is 12.5. The van der Waals surface area contributed by atoms with E-state index in [0.29, 0.717) is 6.61 Å². The van der Waals surface area contributed by atoms with Crippen LogP contribution in [0.5, 0.6) is 11.5 Å². The molecule has 0 aliphatic carbocycles. The third-order valence-corrected chi connectivity index (χ3v) is 5.90. The minimum Gasteiger partial charge on any atom is -0.487 e. The van der Waals surface area contributed by atoms with E-state index in [1.807, 2.05) is 12.1 Å². The van der Waals surface area contributed by atoms with Crippen molar-refractivity contribution in [1.82, 2.24) is 0 Å². The number of hydrogen-bond acceptors (Lipinski definition) is 4. The molecule has 0 N–H and O–H groups in total. The second-order valence-corrected chi connectivity index (χ2v) is 8.48. The normalized spacial score (nSPS) is 22.5. The molecule has 2 aliphatic heterocycles. The average molecular weight is 384 g/mol. The Bertz CT molecular complexity index is 851. The Labute approximate surface area is 166 Å². The van der Waals surface area contributed by atoms with Gasteiger partial charge in [-0.1, -0.05) is 24.3 Å². The first-order valence-corrected chi connectivity index (χ1v) is 9.78. The quantitative estimate of drug-likeness (QED) is 0.750. The molecule has 1 atom stereocenters. The summed E-state index contributed by atoms with van der Waals surface area (Å²) in [7, 11) is -0.377. The van der Waals surface area contributed by atoms with Crippen LogP contribution in [-0.4, -0.2) is 31.0 Å². The monoisotopic (exact) mass is 384 g/mol. The van der Waals surface area contributed by atoms with E-state index in [4.69, 9.17) is 18.8 Å². The van der Waals surface area contributed by atoms with Crippen molar-refractivity contribution in [3.8, 4) is 11.5 Å². The second kappa shape index (κ2) is 7.09. The first-order valence-electron chi connectivity index (χ1n) is 9.78. The average Bonchev–Trinajstić information content (AvgIpc) is 2.88. The number of ether oxygens (including phenoxy) is 2. The van der Waals surface area contributed by atoms with Gasteiger partial charge >= 0.3 is 7.12 Å². The van der Waals surface area contributed by atoms with Gasteiger partial charge in [-0.15, -0.1) is 0 Å². The van der Waals surface area contributed by atoms with E-state index in [9.17, 15) is 4.39 Å². The van der Waals surface area contributed by atoms with Gasteiger partial charge in [-0.05, 0) is 69.8 Å². The van der Waals surface area contributed by atoms with Gasteiger partial charge < -0.3 is 18.8 Å². The Kier molecular flexibility index (Phi) is 4.88. The number of para-hydroxylation sites is 1. The first-order chi connectivity index (χ1) is 13.2. The largest absolute Gasteiger partial charge is 0.494 e. The summed E-state index contributed by atoms with van der Waals surface area (Å²) in [6.07, 6.45) is 1.58. The highest BCUT2D eigenvalue weighted by atomic mass is 19.1. The Morgan fingerprint density at radius 1 is 1.07 bits per heavy atom. The summed E-state index contributed by atoms with van der Waals surface area (Å²) in [5.41, 5.74) is 1.41. The summed E-state index contributed by atoms with van der Waals surface area (Å²) in [4.78, 5) is 0. The van der Waals surface area contributed by atoms with Crippen LogP contribution in [0.15, 0.2) is 42.5 Å². The van der Waals surface area contributed by atoms with Gasteiger partial charge in [0.1, 0.15) is 18.5 Å². The molecule has 2 heterocycles. The molecule has 2 aromatic rings. The standard InChI is InChI=1S/C22H26BFO4/c1-21(2)22(3,4)28-23(27-21)16-10-12-19-15(13-16)9-11-17(26-19)14-25-20-8-6-5-7-18(20)24/h5-8,10,12-13,17H,9,11,14H2,1-4H3. The zero-order valence-corrected chi connectivity index (χ0v) is 16.8. The molecular formula is C22H26BFO4. The molecule has 6 heteroatoms. The molecule has 4 nitrogen and oxygen atoms in total. The van der Waals surface area contributed by atoms with Gasteiger partial charge in [0.25, 0.3) is 0 Å². The van der Waals surface area contributed by atoms with Crippen molar-refractivity contribution in [2.75, 3.05) is 6.61 Å². The summed E-state index contributed by atoms with van der Waals surface area (Å²) < 4.78 is 37.6. The summed E-state index contributed by atoms with van der Waals surface area (Å²) in [5.74, 6) is 0.743. The van der Waals surface area contributed by atoms with E-state index in [0.717, 1.165) is 29.6 Å². The smallest absolute Gasteiger partial charge is 0.487 e. The van der Waals surface area contributed by atoms with Gasteiger partial charge in [-0.25, -0.2) is 4.39 Å². The predicted molar refractivity (Wildman–Crippen MR) is 107 cm³/mol. The maximum atomic E-state index is 13.7. The van der Waals surface area contributed by atoms with Crippen LogP contribution < -0.4 is 14.9 Å². The molecule has 0 bridgehead atoms. The van der Waals surface area contributed by atoms with Gasteiger partial charge in [0.2, 0.25) is 0 Å². The topological polar surface area (TPSA) is 36.9 Å². The molecule has 0 saturated carbocycles. The lowest BCUT2D eigenvalue weighted by atomic mass is 9.77. The van der Waals surface area contributed by atoms with Gasteiger partial charge in [0.05, 0.1) is 11.2 Å². The molecule has 28 heavy (non-hydrogen) atoms. The lowest BCUT2D eigenvalue weighted by molar-refractivity contribution is 0.00578. The molecular weight excluding hydrogens is 358 g/mol. The molecule has 0 radical (unpaired) electrons. The van der Waals surface area contributed by atoms with Crippen molar-refractivity contribution in [2.45, 2.75) is 57.8 Å². The molecule has 0 aromatic heterocycles. The third-order valence-electron chi connectivity index (χ3n) is 5.90. The SMILES string of the molecule is CC1(C)OB(c2ccc3c(c2)CCC(COc2ccccc2F)O3)OC1(C)C. The number of fused-ring (bicyclic) bond motifs is 1. The minimum atomic E-state index is -0.377. The zero-order valence-electron chi connectivity index (χ0n) is 16.8. The van der Waals surface area contributed by atoms with Crippen molar-refractivity contribution in [2.24, 2.45) is 0 Å². The Morgan fingerprint density at radius 3 is 2.50 bits per heavy atom. The fraction of sp³-hybridized carbons (Fsp3) is 0.455. The lowest BCUT2D eigenvalue weighted by Crippen LogP contribution is -2.41. The second-order valence-electron chi connectivity index (χ2n) is 8.48. The van der Waals surface area contributed by atoms with E-state index in [-0.39, 0.29) is 36.0 Å². The summed E-state index contributed by atoms with van der Waals surface area (Å²) in [5, 5.41) is 0. The van der Waals surface area contributed by atoms with Crippen LogP contribution in [0.25, 0.3) is 0 Å². The molecule has 4 rings (SSSR count). The Hall–Kier alpha value is -2.05. The van der Waals surface area contributed by atoms with Crippen LogP contribution >= 0.6 is 0 Å². The van der Waals surface area contributed by atoms with Crippen LogP contribution in [-0.2, 0) is 15.7 Å². The van der Waals surface area contributed by atoms with Gasteiger partial charge in [-0.2, -0.15) is 0 Å². The summed E-state index contributed by atoms with van der Waals surface area (Å²) >= 11 is 0. The van der Waals surface area contributed by atoms with Crippen LogP contribution in [0.3, 0.4) is 0 Å². The molecule has 0 spiro atoms. The Balaban J connectivity index is 1.42. The molecule has 1 fully saturated rings. The van der Waals surface area contributed by atoms with Gasteiger partial charge in [0.15, 0.2) is 11.6 Å². The van der Waals surface area contributed by atoms with Crippen LogP contribution in [0, 0.1) is 5.82 Å². The molecule has 0 amide bonds. The Morgan fingerprint density at radius 2 is 1.79 bits per heavy atom. The molecule has 148 valence electrons. The number of benzene rings is 2. The fourth-order valence-corrected chi connectivity index (χ4v) is 3.45. The van der Waals surface area contributed by atoms with E-state index in [1.54, 1.807) is 18.2 Å². The van der Waals surface area contributed by atoms with Crippen LogP contribution in [0.4, 0.5) is 4.39 Å².